The summed E-state index contributed by atoms with van der Waals surface area (Å²) in [5.74, 6) is -1.02. The number of hydrogen-bond donors (Lipinski definition) is 1. The minimum atomic E-state index is -0.791. The van der Waals surface area contributed by atoms with Crippen molar-refractivity contribution in [3.63, 3.8) is 0 Å². The second-order valence-electron chi connectivity index (χ2n) is 7.74. The third-order valence-electron chi connectivity index (χ3n) is 5.80. The summed E-state index contributed by atoms with van der Waals surface area (Å²) in [7, 11) is 1.54. The molecule has 2 heterocycles. The van der Waals surface area contributed by atoms with Gasteiger partial charge in [-0.2, -0.15) is 0 Å². The number of amides is 1. The van der Waals surface area contributed by atoms with Crippen molar-refractivity contribution in [1.82, 2.24) is 5.16 Å². The molecule has 7 heteroatoms. The highest BCUT2D eigenvalue weighted by Crippen LogP contribution is 2.42. The number of aromatic nitrogens is 1. The number of hydrogen-bond acceptors (Lipinski definition) is 6. The maximum atomic E-state index is 13.5. The van der Waals surface area contributed by atoms with Crippen LogP contribution < -0.4 is 9.64 Å². The van der Waals surface area contributed by atoms with Gasteiger partial charge in [0.25, 0.3) is 5.91 Å². The zero-order chi connectivity index (χ0) is 23.7. The second-order valence-corrected chi connectivity index (χ2v) is 7.74. The average molecular weight is 452 g/mol. The number of benzene rings is 3. The summed E-state index contributed by atoms with van der Waals surface area (Å²) in [4.78, 5) is 28.2. The highest BCUT2D eigenvalue weighted by atomic mass is 16.5. The molecular formula is C27H20N2O5. The van der Waals surface area contributed by atoms with Crippen LogP contribution in [0, 0.1) is 0 Å². The summed E-state index contributed by atoms with van der Waals surface area (Å²) in [5, 5.41) is 14.8. The van der Waals surface area contributed by atoms with Crippen molar-refractivity contribution in [3.05, 3.63) is 114 Å². The first-order valence-corrected chi connectivity index (χ1v) is 10.6. The number of aliphatic hydroxyl groups is 1. The van der Waals surface area contributed by atoms with E-state index in [-0.39, 0.29) is 5.57 Å². The fourth-order valence-corrected chi connectivity index (χ4v) is 4.11. The smallest absolute Gasteiger partial charge is 0.294 e. The third kappa shape index (κ3) is 3.63. The molecule has 34 heavy (non-hydrogen) atoms. The Bertz CT molecular complexity index is 1360. The summed E-state index contributed by atoms with van der Waals surface area (Å²) >= 11 is 0. The van der Waals surface area contributed by atoms with E-state index in [0.29, 0.717) is 28.3 Å². The van der Waals surface area contributed by atoms with Crippen LogP contribution >= 0.6 is 0 Å². The van der Waals surface area contributed by atoms with Gasteiger partial charge in [0, 0.05) is 22.9 Å². The second kappa shape index (κ2) is 8.71. The van der Waals surface area contributed by atoms with E-state index in [1.54, 1.807) is 42.5 Å². The topological polar surface area (TPSA) is 92.9 Å². The number of carbonyl (C=O) groups excluding carboxylic acids is 2. The van der Waals surface area contributed by atoms with E-state index in [1.165, 1.54) is 18.3 Å². The monoisotopic (exact) mass is 452 g/mol. The van der Waals surface area contributed by atoms with Crippen molar-refractivity contribution in [1.29, 1.82) is 0 Å². The van der Waals surface area contributed by atoms with Gasteiger partial charge in [-0.05, 0) is 42.0 Å². The summed E-state index contributed by atoms with van der Waals surface area (Å²) in [5.41, 5.74) is 3.09. The van der Waals surface area contributed by atoms with Crippen LogP contribution in [0.25, 0.3) is 11.3 Å². The molecule has 0 fully saturated rings. The van der Waals surface area contributed by atoms with Gasteiger partial charge in [-0.1, -0.05) is 47.6 Å². The van der Waals surface area contributed by atoms with E-state index in [9.17, 15) is 14.7 Å². The number of ether oxygens (including phenoxy) is 1. The van der Waals surface area contributed by atoms with E-state index >= 15 is 0 Å². The molecule has 168 valence electrons. The number of ketones is 1. The predicted octanol–water partition coefficient (Wildman–Crippen LogP) is 5.13. The Balaban J connectivity index is 1.57. The summed E-state index contributed by atoms with van der Waals surface area (Å²) < 4.78 is 10.1. The maximum Gasteiger partial charge on any atom is 0.294 e. The lowest BCUT2D eigenvalue weighted by Gasteiger charge is -2.27. The lowest BCUT2D eigenvalue weighted by Crippen LogP contribution is -2.31. The van der Waals surface area contributed by atoms with Crippen LogP contribution in [0.1, 0.15) is 22.0 Å². The molecule has 0 aliphatic carbocycles. The number of methoxy groups -OCH3 is 1. The molecule has 0 radical (unpaired) electrons. The van der Waals surface area contributed by atoms with Gasteiger partial charge in [0.05, 0.1) is 18.7 Å². The van der Waals surface area contributed by atoms with Gasteiger partial charge in [0.15, 0.2) is 11.5 Å². The highest BCUT2D eigenvalue weighted by molar-refractivity contribution is 6.21. The van der Waals surface area contributed by atoms with Gasteiger partial charge in [-0.3, -0.25) is 14.5 Å². The van der Waals surface area contributed by atoms with Crippen molar-refractivity contribution < 1.29 is 24.0 Å². The number of carbonyl (C=O) groups is 2. The number of Topliss-reactive ketones (excluding diaryl/α,β-unsaturated/α-hetero) is 1. The highest BCUT2D eigenvalue weighted by Gasteiger charge is 2.44. The Kier molecular flexibility index (Phi) is 5.43. The van der Waals surface area contributed by atoms with Crippen molar-refractivity contribution in [2.45, 2.75) is 6.04 Å². The molecule has 1 unspecified atom stereocenters. The number of anilines is 1. The number of rotatable bonds is 6. The van der Waals surface area contributed by atoms with Gasteiger partial charge >= 0.3 is 0 Å². The summed E-state index contributed by atoms with van der Waals surface area (Å²) in [6, 6.07) is 23.8. The molecule has 4 aromatic rings. The van der Waals surface area contributed by atoms with Crippen molar-refractivity contribution in [2.75, 3.05) is 12.0 Å². The molecule has 1 atom stereocenters. The lowest BCUT2D eigenvalue weighted by molar-refractivity contribution is -0.117. The molecule has 0 spiro atoms. The van der Waals surface area contributed by atoms with Crippen LogP contribution in [0.5, 0.6) is 5.75 Å². The molecule has 1 aromatic heterocycles. The molecule has 5 rings (SSSR count). The molecule has 1 N–H and O–H groups in total. The molecule has 0 saturated carbocycles. The minimum Gasteiger partial charge on any atom is -0.503 e. The van der Waals surface area contributed by atoms with Crippen molar-refractivity contribution in [3.8, 4) is 17.0 Å². The third-order valence-corrected chi connectivity index (χ3v) is 5.80. The summed E-state index contributed by atoms with van der Waals surface area (Å²) in [6.45, 7) is 0. The fourth-order valence-electron chi connectivity index (χ4n) is 4.11. The van der Waals surface area contributed by atoms with Gasteiger partial charge in [0.1, 0.15) is 17.7 Å². The van der Waals surface area contributed by atoms with Gasteiger partial charge < -0.3 is 14.4 Å². The Labute approximate surface area is 195 Å². The Hall–Kier alpha value is -4.65. The predicted molar refractivity (Wildman–Crippen MR) is 126 cm³/mol. The van der Waals surface area contributed by atoms with E-state index < -0.39 is 23.5 Å². The van der Waals surface area contributed by atoms with Crippen LogP contribution in [-0.4, -0.2) is 29.1 Å². The molecule has 0 saturated heterocycles. The van der Waals surface area contributed by atoms with Crippen molar-refractivity contribution in [2.24, 2.45) is 0 Å². The average Bonchev–Trinajstić information content (AvgIpc) is 3.52. The van der Waals surface area contributed by atoms with Crippen LogP contribution in [0.2, 0.25) is 0 Å². The first-order chi connectivity index (χ1) is 16.6. The van der Waals surface area contributed by atoms with E-state index in [1.807, 2.05) is 42.5 Å². The Morgan fingerprint density at radius 2 is 1.68 bits per heavy atom. The van der Waals surface area contributed by atoms with Crippen molar-refractivity contribution >= 4 is 17.4 Å². The van der Waals surface area contributed by atoms with Crippen LogP contribution in [0.3, 0.4) is 0 Å². The lowest BCUT2D eigenvalue weighted by atomic mass is 9.92. The maximum absolute atomic E-state index is 13.5. The minimum absolute atomic E-state index is 0.0296. The van der Waals surface area contributed by atoms with E-state index in [4.69, 9.17) is 9.26 Å². The largest absolute Gasteiger partial charge is 0.503 e. The van der Waals surface area contributed by atoms with E-state index in [2.05, 4.69) is 5.16 Å². The molecule has 1 amide bonds. The zero-order valence-electron chi connectivity index (χ0n) is 18.2. The van der Waals surface area contributed by atoms with Crippen LogP contribution in [0.4, 0.5) is 5.69 Å². The first kappa shape index (κ1) is 21.2. The first-order valence-electron chi connectivity index (χ1n) is 10.6. The van der Waals surface area contributed by atoms with Gasteiger partial charge in [-0.15, -0.1) is 0 Å². The summed E-state index contributed by atoms with van der Waals surface area (Å²) in [6.07, 6.45) is 1.48. The van der Waals surface area contributed by atoms with Gasteiger partial charge in [-0.25, -0.2) is 0 Å². The Morgan fingerprint density at radius 3 is 2.29 bits per heavy atom. The molecule has 1 aliphatic rings. The number of nitrogens with zero attached hydrogens (tertiary/aromatic N) is 2. The molecular weight excluding hydrogens is 432 g/mol. The molecule has 1 aliphatic heterocycles. The van der Waals surface area contributed by atoms with Crippen LogP contribution in [0.15, 0.2) is 107 Å². The molecule has 3 aromatic carbocycles. The molecule has 7 nitrogen and oxygen atoms in total. The van der Waals surface area contributed by atoms with Gasteiger partial charge in [0.2, 0.25) is 0 Å². The molecule has 0 bridgehead atoms. The normalized spacial score (nSPS) is 15.6. The fraction of sp³-hybridized carbons (Fsp3) is 0.0741. The van der Waals surface area contributed by atoms with Crippen LogP contribution in [-0.2, 0) is 4.79 Å². The Morgan fingerprint density at radius 1 is 0.971 bits per heavy atom. The number of aliphatic hydroxyl groups excluding tert-OH is 1. The van der Waals surface area contributed by atoms with E-state index in [0.717, 1.165) is 5.56 Å². The quantitative estimate of drug-likeness (QED) is 0.408. The SMILES string of the molecule is COc1ccc(C(=O)C2=C(O)C(=O)N(c3ccc(-c4ccon4)cc3)C2c2ccccc2)cc1. The standard InChI is InChI=1S/C27H20N2O5/c1-33-21-13-9-19(10-14-21)25(30)23-24(18-5-3-2-4-6-18)29(27(32)26(23)31)20-11-7-17(8-12-20)22-15-16-34-28-22/h2-16,24,31H,1H3. The zero-order valence-corrected chi connectivity index (χ0v) is 18.2.